The fraction of sp³-hybridized carbons (Fsp3) is 0.933. The standard InChI is InChI=1S/C15H29F3N4.HI/c1-14(2)7-5-12(6-8-14)21-13(19-3)20-9-10-22(4)11-15(16,17)18;/h12H,5-11H2,1-4H3,(H2,19,20,21);1H. The van der Waals surface area contributed by atoms with Crippen LogP contribution in [-0.2, 0) is 0 Å². The summed E-state index contributed by atoms with van der Waals surface area (Å²) in [6.07, 6.45) is 0.402. The Bertz CT molecular complexity index is 362. The van der Waals surface area contributed by atoms with Gasteiger partial charge in [0.2, 0.25) is 0 Å². The molecule has 0 saturated heterocycles. The Morgan fingerprint density at radius 2 is 1.83 bits per heavy atom. The van der Waals surface area contributed by atoms with Crippen LogP contribution in [0.25, 0.3) is 0 Å². The summed E-state index contributed by atoms with van der Waals surface area (Å²) in [6, 6.07) is 0.395. The molecule has 0 aromatic carbocycles. The fourth-order valence-electron chi connectivity index (χ4n) is 2.68. The minimum atomic E-state index is -4.15. The second kappa shape index (κ2) is 9.90. The predicted octanol–water partition coefficient (Wildman–Crippen LogP) is 3.23. The van der Waals surface area contributed by atoms with Crippen molar-refractivity contribution < 1.29 is 13.2 Å². The molecule has 1 aliphatic rings. The zero-order valence-corrected chi connectivity index (χ0v) is 16.8. The monoisotopic (exact) mass is 450 g/mol. The molecule has 138 valence electrons. The average Bonchev–Trinajstić information content (AvgIpc) is 2.37. The highest BCUT2D eigenvalue weighted by molar-refractivity contribution is 14.0. The number of likely N-dealkylation sites (N-methyl/N-ethyl adjacent to an activating group) is 1. The van der Waals surface area contributed by atoms with Gasteiger partial charge in [-0.15, -0.1) is 24.0 Å². The van der Waals surface area contributed by atoms with Crippen LogP contribution in [0.2, 0.25) is 0 Å². The van der Waals surface area contributed by atoms with Gasteiger partial charge in [0.25, 0.3) is 0 Å². The lowest BCUT2D eigenvalue weighted by atomic mass is 9.75. The molecule has 1 rings (SSSR count). The molecule has 0 radical (unpaired) electrons. The Balaban J connectivity index is 0.00000484. The maximum absolute atomic E-state index is 12.2. The van der Waals surface area contributed by atoms with Gasteiger partial charge in [0.15, 0.2) is 5.96 Å². The van der Waals surface area contributed by atoms with Crippen molar-refractivity contribution in [2.24, 2.45) is 10.4 Å². The minimum Gasteiger partial charge on any atom is -0.355 e. The maximum atomic E-state index is 12.2. The van der Waals surface area contributed by atoms with E-state index in [2.05, 4.69) is 29.5 Å². The molecule has 0 atom stereocenters. The second-order valence-corrected chi connectivity index (χ2v) is 6.93. The van der Waals surface area contributed by atoms with Gasteiger partial charge in [-0.05, 0) is 38.1 Å². The molecule has 0 unspecified atom stereocenters. The Hall–Kier alpha value is -0.250. The van der Waals surface area contributed by atoms with E-state index in [0.29, 0.717) is 30.5 Å². The van der Waals surface area contributed by atoms with Crippen molar-refractivity contribution in [2.75, 3.05) is 33.7 Å². The number of aliphatic imine (C=N–C) groups is 1. The van der Waals surface area contributed by atoms with E-state index in [4.69, 9.17) is 0 Å². The smallest absolute Gasteiger partial charge is 0.355 e. The third-order valence-electron chi connectivity index (χ3n) is 4.14. The van der Waals surface area contributed by atoms with E-state index in [1.807, 2.05) is 0 Å². The lowest BCUT2D eigenvalue weighted by molar-refractivity contribution is -0.142. The number of hydrogen-bond acceptors (Lipinski definition) is 2. The highest BCUT2D eigenvalue weighted by Gasteiger charge is 2.29. The molecule has 4 nitrogen and oxygen atoms in total. The van der Waals surface area contributed by atoms with E-state index in [1.165, 1.54) is 24.8 Å². The maximum Gasteiger partial charge on any atom is 0.401 e. The van der Waals surface area contributed by atoms with Crippen molar-refractivity contribution in [1.29, 1.82) is 0 Å². The lowest BCUT2D eigenvalue weighted by Crippen LogP contribution is -2.47. The summed E-state index contributed by atoms with van der Waals surface area (Å²) in [5, 5.41) is 6.45. The largest absolute Gasteiger partial charge is 0.401 e. The number of rotatable bonds is 5. The van der Waals surface area contributed by atoms with Gasteiger partial charge in [0.05, 0.1) is 6.54 Å². The third-order valence-corrected chi connectivity index (χ3v) is 4.14. The summed E-state index contributed by atoms with van der Waals surface area (Å²) in [5.41, 5.74) is 0.412. The molecular formula is C15H30F3IN4. The third kappa shape index (κ3) is 10.3. The zero-order chi connectivity index (χ0) is 16.8. The van der Waals surface area contributed by atoms with Gasteiger partial charge in [-0.3, -0.25) is 9.89 Å². The first kappa shape index (κ1) is 22.8. The minimum absolute atomic E-state index is 0. The van der Waals surface area contributed by atoms with Crippen LogP contribution in [0.5, 0.6) is 0 Å². The van der Waals surface area contributed by atoms with Crippen molar-refractivity contribution >= 4 is 29.9 Å². The van der Waals surface area contributed by atoms with Crippen molar-refractivity contribution in [2.45, 2.75) is 51.7 Å². The van der Waals surface area contributed by atoms with Crippen molar-refractivity contribution in [3.63, 3.8) is 0 Å². The topological polar surface area (TPSA) is 39.7 Å². The number of nitrogens with zero attached hydrogens (tertiary/aromatic N) is 2. The van der Waals surface area contributed by atoms with E-state index in [9.17, 15) is 13.2 Å². The fourth-order valence-corrected chi connectivity index (χ4v) is 2.68. The van der Waals surface area contributed by atoms with Gasteiger partial charge in [-0.25, -0.2) is 0 Å². The van der Waals surface area contributed by atoms with Crippen LogP contribution in [0, 0.1) is 5.41 Å². The van der Waals surface area contributed by atoms with E-state index in [-0.39, 0.29) is 24.0 Å². The van der Waals surface area contributed by atoms with E-state index in [1.54, 1.807) is 7.05 Å². The van der Waals surface area contributed by atoms with Crippen LogP contribution in [0.3, 0.4) is 0 Å². The average molecular weight is 450 g/mol. The molecule has 2 N–H and O–H groups in total. The molecule has 1 saturated carbocycles. The summed E-state index contributed by atoms with van der Waals surface area (Å²) >= 11 is 0. The molecule has 0 aromatic heterocycles. The summed E-state index contributed by atoms with van der Waals surface area (Å²) in [4.78, 5) is 5.40. The highest BCUT2D eigenvalue weighted by atomic mass is 127. The van der Waals surface area contributed by atoms with Crippen LogP contribution in [0.4, 0.5) is 13.2 Å². The van der Waals surface area contributed by atoms with Gasteiger partial charge >= 0.3 is 6.18 Å². The van der Waals surface area contributed by atoms with E-state index >= 15 is 0 Å². The first-order chi connectivity index (χ1) is 10.1. The molecule has 1 fully saturated rings. The van der Waals surface area contributed by atoms with Gasteiger partial charge in [0, 0.05) is 26.2 Å². The molecule has 0 heterocycles. The van der Waals surface area contributed by atoms with Gasteiger partial charge < -0.3 is 10.6 Å². The molecule has 1 aliphatic carbocycles. The van der Waals surface area contributed by atoms with Crippen molar-refractivity contribution in [3.05, 3.63) is 0 Å². The molecular weight excluding hydrogens is 420 g/mol. The molecule has 8 heteroatoms. The Morgan fingerprint density at radius 3 is 2.30 bits per heavy atom. The van der Waals surface area contributed by atoms with Gasteiger partial charge in [0.1, 0.15) is 0 Å². The first-order valence-electron chi connectivity index (χ1n) is 7.84. The molecule has 0 spiro atoms. The Morgan fingerprint density at radius 1 is 1.26 bits per heavy atom. The quantitative estimate of drug-likeness (QED) is 0.384. The normalized spacial score (nSPS) is 19.4. The summed E-state index contributed by atoms with van der Waals surface area (Å²) in [5.74, 6) is 0.671. The van der Waals surface area contributed by atoms with Crippen molar-refractivity contribution in [3.8, 4) is 0 Å². The SMILES string of the molecule is CN=C(NCCN(C)CC(F)(F)F)NC1CCC(C)(C)CC1.I. The number of guanidine groups is 1. The molecule has 0 aliphatic heterocycles. The van der Waals surface area contributed by atoms with Crippen molar-refractivity contribution in [1.82, 2.24) is 15.5 Å². The van der Waals surface area contributed by atoms with Gasteiger partial charge in [-0.2, -0.15) is 13.2 Å². The van der Waals surface area contributed by atoms with Gasteiger partial charge in [-0.1, -0.05) is 13.8 Å². The van der Waals surface area contributed by atoms with Crippen LogP contribution in [0.1, 0.15) is 39.5 Å². The zero-order valence-electron chi connectivity index (χ0n) is 14.5. The number of hydrogen-bond donors (Lipinski definition) is 2. The molecule has 23 heavy (non-hydrogen) atoms. The predicted molar refractivity (Wildman–Crippen MR) is 99.5 cm³/mol. The number of nitrogens with one attached hydrogen (secondary N) is 2. The first-order valence-corrected chi connectivity index (χ1v) is 7.84. The Kier molecular flexibility index (Phi) is 9.80. The molecule has 0 aromatic rings. The van der Waals surface area contributed by atoms with Crippen LogP contribution < -0.4 is 10.6 Å². The van der Waals surface area contributed by atoms with Crippen LogP contribution in [-0.4, -0.2) is 56.8 Å². The molecule has 0 amide bonds. The lowest BCUT2D eigenvalue weighted by Gasteiger charge is -2.35. The summed E-state index contributed by atoms with van der Waals surface area (Å²) in [6.45, 7) is 4.43. The van der Waals surface area contributed by atoms with Crippen LogP contribution in [0.15, 0.2) is 4.99 Å². The molecule has 0 bridgehead atoms. The van der Waals surface area contributed by atoms with E-state index < -0.39 is 12.7 Å². The Labute approximate surface area is 154 Å². The second-order valence-electron chi connectivity index (χ2n) is 6.93. The highest BCUT2D eigenvalue weighted by Crippen LogP contribution is 2.34. The summed E-state index contributed by atoms with van der Waals surface area (Å²) in [7, 11) is 3.15. The number of alkyl halides is 3. The number of halogens is 4. The van der Waals surface area contributed by atoms with Crippen LogP contribution >= 0.6 is 24.0 Å². The summed E-state index contributed by atoms with van der Waals surface area (Å²) < 4.78 is 36.7. The van der Waals surface area contributed by atoms with E-state index in [0.717, 1.165) is 12.8 Å².